The molecule has 1 aromatic carbocycles. The van der Waals surface area contributed by atoms with E-state index >= 15 is 0 Å². The number of aryl methyl sites for hydroxylation is 2. The highest BCUT2D eigenvalue weighted by molar-refractivity contribution is 7.99. The first-order chi connectivity index (χ1) is 13.1. The first-order valence-electron chi connectivity index (χ1n) is 8.90. The average molecular weight is 400 g/mol. The Morgan fingerprint density at radius 3 is 2.78 bits per heavy atom. The van der Waals surface area contributed by atoms with Gasteiger partial charge in [0.15, 0.2) is 0 Å². The number of thioether (sulfide) groups is 2. The van der Waals surface area contributed by atoms with Crippen molar-refractivity contribution in [1.29, 1.82) is 0 Å². The normalized spacial score (nSPS) is 14.7. The van der Waals surface area contributed by atoms with Crippen LogP contribution in [-0.2, 0) is 5.75 Å². The van der Waals surface area contributed by atoms with E-state index in [0.29, 0.717) is 16.7 Å². The molecule has 0 radical (unpaired) electrons. The Labute approximate surface area is 166 Å². The number of amides is 1. The molecule has 0 unspecified atom stereocenters. The number of carbonyl (C=O) groups is 1. The highest BCUT2D eigenvalue weighted by Gasteiger charge is 2.21. The van der Waals surface area contributed by atoms with Gasteiger partial charge >= 0.3 is 0 Å². The minimum atomic E-state index is 0.127. The fourth-order valence-corrected chi connectivity index (χ4v) is 4.87. The smallest absolute Gasteiger partial charge is 0.254 e. The Kier molecular flexibility index (Phi) is 5.36. The van der Waals surface area contributed by atoms with Crippen LogP contribution in [0.2, 0.25) is 0 Å². The summed E-state index contributed by atoms with van der Waals surface area (Å²) >= 11 is 3.44. The van der Waals surface area contributed by atoms with E-state index < -0.39 is 0 Å². The summed E-state index contributed by atoms with van der Waals surface area (Å²) in [6.45, 7) is 5.59. The van der Waals surface area contributed by atoms with Gasteiger partial charge in [-0.2, -0.15) is 16.7 Å². The van der Waals surface area contributed by atoms with Crippen LogP contribution in [0.1, 0.15) is 27.3 Å². The molecule has 1 aliphatic heterocycles. The number of nitrogens with zero attached hydrogens (tertiary/aromatic N) is 5. The number of carbonyl (C=O) groups excluding carboxylic acids is 1. The van der Waals surface area contributed by atoms with Crippen LogP contribution < -0.4 is 0 Å². The van der Waals surface area contributed by atoms with Crippen LogP contribution >= 0.6 is 23.5 Å². The largest absolute Gasteiger partial charge is 0.337 e. The Morgan fingerprint density at radius 1 is 1.19 bits per heavy atom. The SMILES string of the molecule is Cc1cc(C)n2nc(SCc3ccccc3C(=O)N3CCSCC3)nc2n1. The first-order valence-corrected chi connectivity index (χ1v) is 11.0. The lowest BCUT2D eigenvalue weighted by Crippen LogP contribution is -2.38. The molecular formula is C19H21N5OS2. The van der Waals surface area contributed by atoms with Crippen LogP contribution in [0, 0.1) is 13.8 Å². The van der Waals surface area contributed by atoms with Crippen molar-refractivity contribution in [2.75, 3.05) is 24.6 Å². The van der Waals surface area contributed by atoms with Gasteiger partial charge in [0, 0.05) is 47.3 Å². The summed E-state index contributed by atoms with van der Waals surface area (Å²) in [5.41, 5.74) is 3.74. The van der Waals surface area contributed by atoms with E-state index in [1.807, 2.05) is 60.8 Å². The van der Waals surface area contributed by atoms with Crippen molar-refractivity contribution < 1.29 is 4.79 Å². The molecule has 1 fully saturated rings. The second-order valence-corrected chi connectivity index (χ2v) is 8.66. The van der Waals surface area contributed by atoms with Gasteiger partial charge in [-0.3, -0.25) is 4.79 Å². The molecule has 0 aliphatic carbocycles. The molecule has 8 heteroatoms. The minimum Gasteiger partial charge on any atom is -0.337 e. The highest BCUT2D eigenvalue weighted by atomic mass is 32.2. The molecule has 3 aromatic rings. The van der Waals surface area contributed by atoms with Gasteiger partial charge in [-0.15, -0.1) is 5.10 Å². The lowest BCUT2D eigenvalue weighted by molar-refractivity contribution is 0.0771. The maximum atomic E-state index is 12.9. The standard InChI is InChI=1S/C19H21N5OS2/c1-13-11-14(2)24-18(20-13)21-19(22-24)27-12-15-5-3-4-6-16(15)17(25)23-7-9-26-10-8-23/h3-6,11H,7-10,12H2,1-2H3. The zero-order valence-corrected chi connectivity index (χ0v) is 17.0. The van der Waals surface area contributed by atoms with E-state index in [1.54, 1.807) is 4.52 Å². The lowest BCUT2D eigenvalue weighted by atomic mass is 10.1. The van der Waals surface area contributed by atoms with Gasteiger partial charge in [0.1, 0.15) is 0 Å². The summed E-state index contributed by atoms with van der Waals surface area (Å²) in [6.07, 6.45) is 0. The Morgan fingerprint density at radius 2 is 1.96 bits per heavy atom. The number of hydrogen-bond donors (Lipinski definition) is 0. The molecule has 0 N–H and O–H groups in total. The van der Waals surface area contributed by atoms with Gasteiger partial charge in [-0.05, 0) is 31.5 Å². The number of benzene rings is 1. The number of hydrogen-bond acceptors (Lipinski definition) is 6. The fraction of sp³-hybridized carbons (Fsp3) is 0.368. The van der Waals surface area contributed by atoms with E-state index in [0.717, 1.165) is 47.1 Å². The molecule has 1 saturated heterocycles. The third-order valence-electron chi connectivity index (χ3n) is 4.50. The summed E-state index contributed by atoms with van der Waals surface area (Å²) in [4.78, 5) is 23.8. The molecule has 0 saturated carbocycles. The molecular weight excluding hydrogens is 378 g/mol. The Balaban J connectivity index is 1.53. The quantitative estimate of drug-likeness (QED) is 0.628. The molecule has 4 rings (SSSR count). The lowest BCUT2D eigenvalue weighted by Gasteiger charge is -2.27. The molecule has 0 spiro atoms. The zero-order valence-electron chi connectivity index (χ0n) is 15.4. The number of fused-ring (bicyclic) bond motifs is 1. The van der Waals surface area contributed by atoms with Crippen molar-refractivity contribution in [2.45, 2.75) is 24.8 Å². The van der Waals surface area contributed by atoms with Gasteiger partial charge in [0.05, 0.1) is 0 Å². The van der Waals surface area contributed by atoms with Crippen LogP contribution in [0.5, 0.6) is 0 Å². The summed E-state index contributed by atoms with van der Waals surface area (Å²) in [5, 5.41) is 5.21. The second-order valence-electron chi connectivity index (χ2n) is 6.50. The maximum Gasteiger partial charge on any atom is 0.254 e. The van der Waals surface area contributed by atoms with Gasteiger partial charge in [-0.25, -0.2) is 9.50 Å². The van der Waals surface area contributed by atoms with Crippen molar-refractivity contribution >= 4 is 35.2 Å². The van der Waals surface area contributed by atoms with E-state index in [4.69, 9.17) is 0 Å². The van der Waals surface area contributed by atoms with Crippen molar-refractivity contribution in [3.05, 3.63) is 52.8 Å². The van der Waals surface area contributed by atoms with Gasteiger partial charge in [0.2, 0.25) is 5.16 Å². The Hall–Kier alpha value is -2.06. The zero-order chi connectivity index (χ0) is 18.8. The second kappa shape index (κ2) is 7.90. The van der Waals surface area contributed by atoms with Crippen LogP contribution in [0.15, 0.2) is 35.5 Å². The van der Waals surface area contributed by atoms with Crippen molar-refractivity contribution in [3.8, 4) is 0 Å². The molecule has 0 bridgehead atoms. The molecule has 6 nitrogen and oxygen atoms in total. The maximum absolute atomic E-state index is 12.9. The van der Waals surface area contributed by atoms with Crippen molar-refractivity contribution in [1.82, 2.24) is 24.5 Å². The van der Waals surface area contributed by atoms with Crippen molar-refractivity contribution in [2.24, 2.45) is 0 Å². The molecule has 3 heterocycles. The van der Waals surface area contributed by atoms with Crippen molar-refractivity contribution in [3.63, 3.8) is 0 Å². The van der Waals surface area contributed by atoms with E-state index in [2.05, 4.69) is 15.1 Å². The van der Waals surface area contributed by atoms with Gasteiger partial charge < -0.3 is 4.90 Å². The average Bonchev–Trinajstić information content (AvgIpc) is 3.10. The predicted octanol–water partition coefficient (Wildman–Crippen LogP) is 3.22. The topological polar surface area (TPSA) is 63.4 Å². The summed E-state index contributed by atoms with van der Waals surface area (Å²) < 4.78 is 1.76. The molecule has 1 amide bonds. The monoisotopic (exact) mass is 399 g/mol. The Bertz CT molecular complexity index is 981. The minimum absolute atomic E-state index is 0.127. The van der Waals surface area contributed by atoms with Crippen LogP contribution in [0.25, 0.3) is 5.78 Å². The van der Waals surface area contributed by atoms with Gasteiger partial charge in [0.25, 0.3) is 11.7 Å². The van der Waals surface area contributed by atoms with Crippen LogP contribution in [0.4, 0.5) is 0 Å². The summed E-state index contributed by atoms with van der Waals surface area (Å²) in [6, 6.07) is 9.83. The number of aromatic nitrogens is 4. The molecule has 0 atom stereocenters. The molecule has 1 aliphatic rings. The third-order valence-corrected chi connectivity index (χ3v) is 6.33. The molecule has 140 valence electrons. The summed E-state index contributed by atoms with van der Waals surface area (Å²) in [5.74, 6) is 3.42. The third kappa shape index (κ3) is 3.96. The van der Waals surface area contributed by atoms with E-state index in [-0.39, 0.29) is 5.91 Å². The fourth-order valence-electron chi connectivity index (χ4n) is 3.14. The van der Waals surface area contributed by atoms with Crippen LogP contribution in [-0.4, -0.2) is 55.0 Å². The summed E-state index contributed by atoms with van der Waals surface area (Å²) in [7, 11) is 0. The van der Waals surface area contributed by atoms with Gasteiger partial charge in [-0.1, -0.05) is 30.0 Å². The van der Waals surface area contributed by atoms with E-state index in [1.165, 1.54) is 11.8 Å². The highest BCUT2D eigenvalue weighted by Crippen LogP contribution is 2.24. The predicted molar refractivity (Wildman–Crippen MR) is 109 cm³/mol. The van der Waals surface area contributed by atoms with Crippen LogP contribution in [0.3, 0.4) is 0 Å². The molecule has 2 aromatic heterocycles. The van der Waals surface area contributed by atoms with E-state index in [9.17, 15) is 4.79 Å². The molecule has 27 heavy (non-hydrogen) atoms. The first kappa shape index (κ1) is 18.3. The number of rotatable bonds is 4.